The van der Waals surface area contributed by atoms with Gasteiger partial charge in [0.1, 0.15) is 5.75 Å². The Bertz CT molecular complexity index is 983. The molecular weight excluding hydrogens is 342 g/mol. The van der Waals surface area contributed by atoms with Gasteiger partial charge >= 0.3 is 0 Å². The van der Waals surface area contributed by atoms with Crippen LogP contribution in [0.2, 0.25) is 0 Å². The van der Waals surface area contributed by atoms with E-state index >= 15 is 0 Å². The summed E-state index contributed by atoms with van der Waals surface area (Å²) in [5.74, 6) is -0.373. The number of phenolic OH excluding ortho intramolecular Hbond substituents is 1. The van der Waals surface area contributed by atoms with Crippen molar-refractivity contribution in [3.63, 3.8) is 0 Å². The third kappa shape index (κ3) is 5.05. The topological polar surface area (TPSA) is 99.3 Å². The predicted octanol–water partition coefficient (Wildman–Crippen LogP) is 4.27. The van der Waals surface area contributed by atoms with Crippen molar-refractivity contribution in [3.05, 3.63) is 83.7 Å². The number of rotatable bonds is 5. The molecule has 0 saturated carbocycles. The van der Waals surface area contributed by atoms with Gasteiger partial charge in [-0.2, -0.15) is 15.3 Å². The Labute approximate surface area is 156 Å². The Morgan fingerprint density at radius 2 is 1.81 bits per heavy atom. The first-order valence-corrected chi connectivity index (χ1v) is 8.18. The Hall–Kier alpha value is -3.87. The highest BCUT2D eigenvalue weighted by molar-refractivity contribution is 5.94. The molecule has 7 nitrogen and oxygen atoms in total. The molecule has 0 aliphatic rings. The van der Waals surface area contributed by atoms with Gasteiger partial charge in [-0.1, -0.05) is 18.2 Å². The minimum atomic E-state index is -0.391. The van der Waals surface area contributed by atoms with Gasteiger partial charge in [0.2, 0.25) is 0 Å². The average molecular weight is 359 g/mol. The van der Waals surface area contributed by atoms with Crippen molar-refractivity contribution in [1.29, 1.82) is 0 Å². The number of hydrogen-bond acceptors (Lipinski definition) is 6. The second-order valence-corrected chi connectivity index (χ2v) is 5.67. The summed E-state index contributed by atoms with van der Waals surface area (Å²) in [5, 5.41) is 22.1. The third-order valence-corrected chi connectivity index (χ3v) is 3.59. The van der Waals surface area contributed by atoms with Crippen molar-refractivity contribution in [2.45, 2.75) is 6.92 Å². The molecule has 27 heavy (non-hydrogen) atoms. The van der Waals surface area contributed by atoms with E-state index in [0.29, 0.717) is 16.8 Å². The second kappa shape index (κ2) is 8.48. The fraction of sp³-hybridized carbons (Fsp3) is 0.0500. The van der Waals surface area contributed by atoms with Crippen LogP contribution >= 0.6 is 0 Å². The van der Waals surface area contributed by atoms with Crippen molar-refractivity contribution in [1.82, 2.24) is 10.4 Å². The van der Waals surface area contributed by atoms with Gasteiger partial charge in [0, 0.05) is 17.5 Å². The monoisotopic (exact) mass is 359 g/mol. The Morgan fingerprint density at radius 1 is 1.04 bits per heavy atom. The summed E-state index contributed by atoms with van der Waals surface area (Å²) in [5.41, 5.74) is 5.29. The van der Waals surface area contributed by atoms with Crippen LogP contribution < -0.4 is 5.43 Å². The maximum absolute atomic E-state index is 12.0. The molecule has 2 aromatic carbocycles. The van der Waals surface area contributed by atoms with Crippen LogP contribution in [0.5, 0.6) is 5.75 Å². The molecule has 0 aliphatic heterocycles. The zero-order valence-corrected chi connectivity index (χ0v) is 14.6. The molecule has 0 bridgehead atoms. The van der Waals surface area contributed by atoms with Crippen molar-refractivity contribution >= 4 is 23.5 Å². The summed E-state index contributed by atoms with van der Waals surface area (Å²) >= 11 is 0. The number of carbonyl (C=O) groups excluding carboxylic acids is 1. The largest absolute Gasteiger partial charge is 0.507 e. The molecule has 2 N–H and O–H groups in total. The molecule has 0 atom stereocenters. The van der Waals surface area contributed by atoms with Gasteiger partial charge in [0.05, 0.1) is 23.2 Å². The number of aromatic nitrogens is 1. The van der Waals surface area contributed by atoms with Gasteiger partial charge in [-0.05, 0) is 49.4 Å². The molecule has 134 valence electrons. The van der Waals surface area contributed by atoms with E-state index in [4.69, 9.17) is 0 Å². The lowest BCUT2D eigenvalue weighted by Crippen LogP contribution is -2.17. The summed E-state index contributed by atoms with van der Waals surface area (Å²) in [7, 11) is 0. The smallest absolute Gasteiger partial charge is 0.272 e. The van der Waals surface area contributed by atoms with E-state index in [-0.39, 0.29) is 5.75 Å². The fourth-order valence-electron chi connectivity index (χ4n) is 2.14. The number of phenols is 1. The maximum Gasteiger partial charge on any atom is 0.272 e. The molecule has 3 aromatic rings. The van der Waals surface area contributed by atoms with E-state index in [0.717, 1.165) is 11.4 Å². The van der Waals surface area contributed by atoms with Crippen LogP contribution in [0.4, 0.5) is 11.4 Å². The van der Waals surface area contributed by atoms with Gasteiger partial charge < -0.3 is 5.11 Å². The number of nitrogens with one attached hydrogen (secondary N) is 1. The van der Waals surface area contributed by atoms with E-state index in [2.05, 4.69) is 25.7 Å². The second-order valence-electron chi connectivity index (χ2n) is 5.67. The molecule has 1 amide bonds. The first-order chi connectivity index (χ1) is 13.1. The molecule has 0 unspecified atom stereocenters. The molecule has 1 aromatic heterocycles. The Kier molecular flexibility index (Phi) is 5.64. The van der Waals surface area contributed by atoms with Gasteiger partial charge in [-0.15, -0.1) is 0 Å². The first-order valence-electron chi connectivity index (χ1n) is 8.18. The van der Waals surface area contributed by atoms with Crippen LogP contribution in [0, 0.1) is 6.92 Å². The number of amides is 1. The highest BCUT2D eigenvalue weighted by Crippen LogP contribution is 2.23. The minimum absolute atomic E-state index is 0.0173. The number of aryl methyl sites for hydroxylation is 1. The highest BCUT2D eigenvalue weighted by Gasteiger charge is 2.04. The van der Waals surface area contributed by atoms with E-state index < -0.39 is 5.91 Å². The van der Waals surface area contributed by atoms with E-state index in [1.807, 2.05) is 37.3 Å². The standard InChI is InChI=1S/C20H17N5O2/c1-14-7-8-15(12-21-14)20(27)25-22-13-16-11-18(9-10-19(16)26)24-23-17-5-3-2-4-6-17/h2-13,26H,1H3,(H,25,27)/b22-13-,24-23?. The van der Waals surface area contributed by atoms with Crippen molar-refractivity contribution in [2.75, 3.05) is 0 Å². The number of hydrazone groups is 1. The van der Waals surface area contributed by atoms with Crippen LogP contribution in [-0.2, 0) is 0 Å². The maximum atomic E-state index is 12.0. The molecule has 0 saturated heterocycles. The van der Waals surface area contributed by atoms with E-state index in [1.54, 1.807) is 24.3 Å². The van der Waals surface area contributed by atoms with Crippen LogP contribution in [-0.4, -0.2) is 22.2 Å². The molecule has 0 fully saturated rings. The van der Waals surface area contributed by atoms with Crippen LogP contribution in [0.3, 0.4) is 0 Å². The van der Waals surface area contributed by atoms with Crippen molar-refractivity contribution < 1.29 is 9.90 Å². The highest BCUT2D eigenvalue weighted by atomic mass is 16.3. The average Bonchev–Trinajstić information content (AvgIpc) is 2.69. The Morgan fingerprint density at radius 3 is 2.56 bits per heavy atom. The molecule has 0 radical (unpaired) electrons. The summed E-state index contributed by atoms with van der Waals surface area (Å²) in [6.45, 7) is 1.84. The van der Waals surface area contributed by atoms with Crippen molar-refractivity contribution in [3.8, 4) is 5.75 Å². The summed E-state index contributed by atoms with van der Waals surface area (Å²) < 4.78 is 0. The third-order valence-electron chi connectivity index (χ3n) is 3.59. The number of aromatic hydroxyl groups is 1. The summed E-state index contributed by atoms with van der Waals surface area (Å²) in [4.78, 5) is 16.1. The lowest BCUT2D eigenvalue weighted by Gasteiger charge is -2.02. The first kappa shape index (κ1) is 17.9. The molecule has 3 rings (SSSR count). The molecule has 0 aliphatic carbocycles. The molecule has 7 heteroatoms. The number of pyridine rings is 1. The predicted molar refractivity (Wildman–Crippen MR) is 103 cm³/mol. The lowest BCUT2D eigenvalue weighted by atomic mass is 10.2. The Balaban J connectivity index is 1.69. The zero-order valence-electron chi connectivity index (χ0n) is 14.6. The number of nitrogens with zero attached hydrogens (tertiary/aromatic N) is 4. The van der Waals surface area contributed by atoms with E-state index in [1.165, 1.54) is 18.5 Å². The fourth-order valence-corrected chi connectivity index (χ4v) is 2.14. The van der Waals surface area contributed by atoms with Gasteiger partial charge in [-0.25, -0.2) is 5.43 Å². The summed E-state index contributed by atoms with van der Waals surface area (Å²) in [6.07, 6.45) is 2.82. The molecule has 0 spiro atoms. The van der Waals surface area contributed by atoms with Crippen LogP contribution in [0.1, 0.15) is 21.6 Å². The van der Waals surface area contributed by atoms with Crippen LogP contribution in [0.15, 0.2) is 82.2 Å². The van der Waals surface area contributed by atoms with E-state index in [9.17, 15) is 9.90 Å². The van der Waals surface area contributed by atoms with Crippen LogP contribution in [0.25, 0.3) is 0 Å². The molecular formula is C20H17N5O2. The zero-order chi connectivity index (χ0) is 19.1. The lowest BCUT2D eigenvalue weighted by molar-refractivity contribution is 0.0954. The number of carbonyl (C=O) groups is 1. The van der Waals surface area contributed by atoms with Gasteiger partial charge in [0.15, 0.2) is 0 Å². The van der Waals surface area contributed by atoms with Gasteiger partial charge in [0.25, 0.3) is 5.91 Å². The number of azo groups is 1. The quantitative estimate of drug-likeness (QED) is 0.404. The normalized spacial score (nSPS) is 11.1. The van der Waals surface area contributed by atoms with Crippen molar-refractivity contribution in [2.24, 2.45) is 15.3 Å². The molecule has 1 heterocycles. The number of benzene rings is 2. The SMILES string of the molecule is Cc1ccc(C(=O)N/N=C\c2cc(N=Nc3ccccc3)ccc2O)cn1. The number of hydrogen-bond donors (Lipinski definition) is 2. The van der Waals surface area contributed by atoms with Gasteiger partial charge in [-0.3, -0.25) is 9.78 Å². The minimum Gasteiger partial charge on any atom is -0.507 e. The summed E-state index contributed by atoms with van der Waals surface area (Å²) in [6, 6.07) is 17.5.